The van der Waals surface area contributed by atoms with Crippen molar-refractivity contribution in [2.45, 2.75) is 58.0 Å². The van der Waals surface area contributed by atoms with Gasteiger partial charge in [-0.15, -0.1) is 6.58 Å². The van der Waals surface area contributed by atoms with E-state index < -0.39 is 0 Å². The number of nitrogens with zero attached hydrogens (tertiary/aromatic N) is 3. The molecule has 1 aliphatic rings. The van der Waals surface area contributed by atoms with E-state index in [9.17, 15) is 4.79 Å². The molecule has 7 heteroatoms. The fourth-order valence-electron chi connectivity index (χ4n) is 5.25. The van der Waals surface area contributed by atoms with Crippen LogP contribution in [-0.4, -0.2) is 23.0 Å². The number of fused-ring (bicyclic) bond motifs is 1. The van der Waals surface area contributed by atoms with Crippen molar-refractivity contribution in [3.05, 3.63) is 110 Å². The zero-order valence-electron chi connectivity index (χ0n) is 23.0. The Balaban J connectivity index is 1.53. The van der Waals surface area contributed by atoms with Crippen molar-refractivity contribution in [1.82, 2.24) is 9.66 Å². The topological polar surface area (TPSA) is 65.7 Å². The van der Waals surface area contributed by atoms with Crippen LogP contribution in [0.15, 0.2) is 81.6 Å². The molecule has 1 fully saturated rings. The van der Waals surface area contributed by atoms with Gasteiger partial charge in [-0.25, -0.2) is 4.98 Å². The molecule has 5 rings (SSSR count). The average Bonchev–Trinajstić information content (AvgIpc) is 2.97. The molecule has 0 bridgehead atoms. The summed E-state index contributed by atoms with van der Waals surface area (Å²) in [5.41, 5.74) is 4.55. The summed E-state index contributed by atoms with van der Waals surface area (Å²) in [7, 11) is 1.63. The SMILES string of the molecule is C=CCc1cc(C=Nn2c(C3CCCCC3)nc3ccc(Br)cc3c2=O)cc(OC)c1OCc1ccc(C)cc1. The van der Waals surface area contributed by atoms with Gasteiger partial charge in [-0.1, -0.05) is 71.1 Å². The number of aromatic nitrogens is 2. The van der Waals surface area contributed by atoms with Crippen LogP contribution in [0, 0.1) is 6.92 Å². The van der Waals surface area contributed by atoms with Crippen molar-refractivity contribution >= 4 is 33.0 Å². The fourth-order valence-corrected chi connectivity index (χ4v) is 5.61. The van der Waals surface area contributed by atoms with Crippen molar-refractivity contribution in [3.63, 3.8) is 0 Å². The summed E-state index contributed by atoms with van der Waals surface area (Å²) in [5.74, 6) is 2.22. The van der Waals surface area contributed by atoms with E-state index in [2.05, 4.69) is 53.7 Å². The van der Waals surface area contributed by atoms with Crippen LogP contribution in [0.3, 0.4) is 0 Å². The molecule has 3 aromatic carbocycles. The van der Waals surface area contributed by atoms with Gasteiger partial charge in [0.05, 0.1) is 24.2 Å². The van der Waals surface area contributed by atoms with E-state index in [1.54, 1.807) is 13.3 Å². The van der Waals surface area contributed by atoms with Crippen LogP contribution in [0.5, 0.6) is 11.5 Å². The third-order valence-corrected chi connectivity index (χ3v) is 7.86. The lowest BCUT2D eigenvalue weighted by molar-refractivity contribution is 0.282. The van der Waals surface area contributed by atoms with Crippen LogP contribution in [0.25, 0.3) is 10.9 Å². The maximum Gasteiger partial charge on any atom is 0.282 e. The highest BCUT2D eigenvalue weighted by Gasteiger charge is 2.22. The Morgan fingerprint density at radius 3 is 2.60 bits per heavy atom. The minimum absolute atomic E-state index is 0.167. The predicted molar refractivity (Wildman–Crippen MR) is 165 cm³/mol. The van der Waals surface area contributed by atoms with Gasteiger partial charge >= 0.3 is 0 Å². The minimum Gasteiger partial charge on any atom is -0.493 e. The second-order valence-corrected chi connectivity index (χ2v) is 11.2. The molecule has 0 N–H and O–H groups in total. The van der Waals surface area contributed by atoms with E-state index in [1.165, 1.54) is 16.7 Å². The predicted octanol–water partition coefficient (Wildman–Crippen LogP) is 7.71. The summed E-state index contributed by atoms with van der Waals surface area (Å²) in [4.78, 5) is 18.6. The Kier molecular flexibility index (Phi) is 8.80. The first-order valence-electron chi connectivity index (χ1n) is 13.7. The van der Waals surface area contributed by atoms with Crippen molar-refractivity contribution < 1.29 is 9.47 Å². The molecule has 0 saturated heterocycles. The van der Waals surface area contributed by atoms with Gasteiger partial charge in [0, 0.05) is 16.0 Å². The Morgan fingerprint density at radius 1 is 1.10 bits per heavy atom. The first kappa shape index (κ1) is 27.8. The van der Waals surface area contributed by atoms with Crippen molar-refractivity contribution in [2.75, 3.05) is 7.11 Å². The molecule has 6 nitrogen and oxygen atoms in total. The van der Waals surface area contributed by atoms with E-state index in [1.807, 2.05) is 36.4 Å². The van der Waals surface area contributed by atoms with Gasteiger partial charge < -0.3 is 9.47 Å². The monoisotopic (exact) mass is 599 g/mol. The van der Waals surface area contributed by atoms with Crippen LogP contribution in [-0.2, 0) is 13.0 Å². The number of benzene rings is 3. The molecule has 0 unspecified atom stereocenters. The molecular formula is C33H34BrN3O3. The summed E-state index contributed by atoms with van der Waals surface area (Å²) >= 11 is 3.49. The van der Waals surface area contributed by atoms with Crippen molar-refractivity contribution in [1.29, 1.82) is 0 Å². The van der Waals surface area contributed by atoms with Gasteiger partial charge in [0.25, 0.3) is 5.56 Å². The third kappa shape index (κ3) is 6.20. The number of methoxy groups -OCH3 is 1. The Hall–Kier alpha value is -3.71. The molecule has 40 heavy (non-hydrogen) atoms. The summed E-state index contributed by atoms with van der Waals surface area (Å²) in [5, 5.41) is 5.26. The number of halogens is 1. The maximum absolute atomic E-state index is 13.7. The van der Waals surface area contributed by atoms with Gasteiger partial charge in [-0.3, -0.25) is 4.79 Å². The minimum atomic E-state index is -0.167. The molecule has 1 aromatic heterocycles. The first-order valence-corrected chi connectivity index (χ1v) is 14.5. The molecule has 1 aliphatic carbocycles. The molecule has 0 atom stereocenters. The van der Waals surface area contributed by atoms with E-state index >= 15 is 0 Å². The average molecular weight is 601 g/mol. The summed E-state index contributed by atoms with van der Waals surface area (Å²) in [6, 6.07) is 17.8. The van der Waals surface area contributed by atoms with Crippen molar-refractivity contribution in [3.8, 4) is 11.5 Å². The lowest BCUT2D eigenvalue weighted by Crippen LogP contribution is -2.25. The maximum atomic E-state index is 13.7. The van der Waals surface area contributed by atoms with E-state index in [4.69, 9.17) is 19.6 Å². The number of allylic oxidation sites excluding steroid dienone is 1. The van der Waals surface area contributed by atoms with Crippen LogP contribution in [0.2, 0.25) is 0 Å². The van der Waals surface area contributed by atoms with E-state index in [0.29, 0.717) is 35.4 Å². The zero-order chi connectivity index (χ0) is 28.1. The molecular weight excluding hydrogens is 566 g/mol. The largest absolute Gasteiger partial charge is 0.493 e. The highest BCUT2D eigenvalue weighted by molar-refractivity contribution is 9.10. The number of ether oxygens (including phenoxy) is 2. The van der Waals surface area contributed by atoms with Gasteiger partial charge in [0.2, 0.25) is 0 Å². The standard InChI is InChI=1S/C33H34BrN3O3/c1-4-8-26-17-24(18-30(39-3)31(26)40-21-23-13-11-22(2)12-14-23)20-35-37-32(25-9-6-5-7-10-25)36-29-16-15-27(34)19-28(29)33(37)38/h4,11-20,25H,1,5-10,21H2,2-3H3. The van der Waals surface area contributed by atoms with Crippen LogP contribution in [0.4, 0.5) is 0 Å². The Labute approximate surface area is 243 Å². The third-order valence-electron chi connectivity index (χ3n) is 7.37. The summed E-state index contributed by atoms with van der Waals surface area (Å²) in [6.45, 7) is 6.42. The molecule has 1 heterocycles. The molecule has 0 amide bonds. The highest BCUT2D eigenvalue weighted by atomic mass is 79.9. The quantitative estimate of drug-likeness (QED) is 0.146. The molecule has 0 radical (unpaired) electrons. The van der Waals surface area contributed by atoms with Crippen molar-refractivity contribution in [2.24, 2.45) is 5.10 Å². The van der Waals surface area contributed by atoms with Gasteiger partial charge in [0.1, 0.15) is 12.4 Å². The molecule has 0 spiro atoms. The Morgan fingerprint density at radius 2 is 1.88 bits per heavy atom. The second-order valence-electron chi connectivity index (χ2n) is 10.3. The number of rotatable bonds is 9. The smallest absolute Gasteiger partial charge is 0.282 e. The van der Waals surface area contributed by atoms with E-state index in [0.717, 1.165) is 52.7 Å². The van der Waals surface area contributed by atoms with Crippen LogP contribution in [0.1, 0.15) is 66.1 Å². The van der Waals surface area contributed by atoms with Gasteiger partial charge in [0.15, 0.2) is 11.5 Å². The molecule has 206 valence electrons. The van der Waals surface area contributed by atoms with Crippen LogP contribution >= 0.6 is 15.9 Å². The van der Waals surface area contributed by atoms with Gasteiger partial charge in [-0.2, -0.15) is 9.78 Å². The molecule has 0 aliphatic heterocycles. The molecule has 1 saturated carbocycles. The number of hydrogen-bond donors (Lipinski definition) is 0. The lowest BCUT2D eigenvalue weighted by Gasteiger charge is -2.22. The number of hydrogen-bond acceptors (Lipinski definition) is 5. The summed E-state index contributed by atoms with van der Waals surface area (Å²) in [6.07, 6.45) is 9.64. The Bertz CT molecular complexity index is 1600. The summed E-state index contributed by atoms with van der Waals surface area (Å²) < 4.78 is 14.3. The first-order chi connectivity index (χ1) is 19.5. The zero-order valence-corrected chi connectivity index (χ0v) is 24.6. The fraction of sp³-hybridized carbons (Fsp3) is 0.303. The second kappa shape index (κ2) is 12.6. The number of aryl methyl sites for hydroxylation is 1. The van der Waals surface area contributed by atoms with Gasteiger partial charge in [-0.05, 0) is 67.6 Å². The van der Waals surface area contributed by atoms with E-state index in [-0.39, 0.29) is 11.5 Å². The van der Waals surface area contributed by atoms with Crippen LogP contribution < -0.4 is 15.0 Å². The lowest BCUT2D eigenvalue weighted by atomic mass is 9.88. The molecule has 4 aromatic rings. The highest BCUT2D eigenvalue weighted by Crippen LogP contribution is 2.35. The normalized spacial score (nSPS) is 14.1.